The van der Waals surface area contributed by atoms with E-state index in [1.165, 1.54) is 22.4 Å². The number of fused-ring (bicyclic) bond motifs is 3. The lowest BCUT2D eigenvalue weighted by molar-refractivity contribution is 0.568. The van der Waals surface area contributed by atoms with Gasteiger partial charge in [-0.25, -0.2) is 9.97 Å². The monoisotopic (exact) mass is 224 g/mol. The maximum atomic E-state index is 4.51. The van der Waals surface area contributed by atoms with Crippen LogP contribution in [0.1, 0.15) is 37.7 Å². The smallest absolute Gasteiger partial charge is 0.116 e. The van der Waals surface area contributed by atoms with E-state index >= 15 is 0 Å². The van der Waals surface area contributed by atoms with Crippen molar-refractivity contribution in [3.63, 3.8) is 0 Å². The highest BCUT2D eigenvalue weighted by molar-refractivity contribution is 5.77. The second-order valence-electron chi connectivity index (χ2n) is 5.63. The molecule has 0 bridgehead atoms. The molecule has 1 aliphatic carbocycles. The van der Waals surface area contributed by atoms with E-state index in [4.69, 9.17) is 0 Å². The van der Waals surface area contributed by atoms with Crippen molar-refractivity contribution in [1.82, 2.24) is 9.97 Å². The van der Waals surface area contributed by atoms with Gasteiger partial charge in [0, 0.05) is 17.4 Å². The molecule has 0 aliphatic heterocycles. The molecule has 0 fully saturated rings. The number of rotatable bonds is 0. The van der Waals surface area contributed by atoms with Crippen LogP contribution in [0, 0.1) is 0 Å². The van der Waals surface area contributed by atoms with Crippen molar-refractivity contribution >= 4 is 0 Å². The fraction of sp³-hybridized carbons (Fsp3) is 0.333. The molecule has 2 heteroatoms. The minimum absolute atomic E-state index is 0.0600. The predicted molar refractivity (Wildman–Crippen MR) is 69.0 cm³/mol. The van der Waals surface area contributed by atoms with Gasteiger partial charge in [-0.05, 0) is 11.1 Å². The minimum Gasteiger partial charge on any atom is -0.240 e. The van der Waals surface area contributed by atoms with Gasteiger partial charge in [0.15, 0.2) is 0 Å². The molecule has 86 valence electrons. The van der Waals surface area contributed by atoms with Gasteiger partial charge in [-0.2, -0.15) is 0 Å². The lowest BCUT2D eigenvalue weighted by Gasteiger charge is -2.20. The molecule has 2 aromatic rings. The second kappa shape index (κ2) is 3.39. The molecule has 0 N–H and O–H groups in total. The average molecular weight is 224 g/mol. The first-order valence-corrected chi connectivity index (χ1v) is 6.00. The molecule has 1 heterocycles. The van der Waals surface area contributed by atoms with Crippen LogP contribution >= 0.6 is 0 Å². The molecular formula is C15H16N2. The van der Waals surface area contributed by atoms with Crippen molar-refractivity contribution in [3.05, 3.63) is 47.5 Å². The normalized spacial score (nSPS) is 13.4. The van der Waals surface area contributed by atoms with Crippen LogP contribution in [-0.4, -0.2) is 9.97 Å². The van der Waals surface area contributed by atoms with Crippen LogP contribution in [0.2, 0.25) is 0 Å². The molecular weight excluding hydrogens is 208 g/mol. The SMILES string of the molecule is CC(C)(C)c1ncnc2c1-c1ccccc1C2. The standard InChI is InChI=1S/C15H16N2/c1-15(2,3)14-13-11-7-5-4-6-10(11)8-12(13)16-9-17-14/h4-7,9H,8H2,1-3H3. The third-order valence-corrected chi connectivity index (χ3v) is 3.28. The van der Waals surface area contributed by atoms with Gasteiger partial charge >= 0.3 is 0 Å². The summed E-state index contributed by atoms with van der Waals surface area (Å²) in [5, 5.41) is 0. The molecule has 0 saturated heterocycles. The lowest BCUT2D eigenvalue weighted by atomic mass is 9.87. The number of aromatic nitrogens is 2. The first kappa shape index (κ1) is 10.5. The highest BCUT2D eigenvalue weighted by Gasteiger charge is 2.28. The fourth-order valence-corrected chi connectivity index (χ4v) is 2.51. The van der Waals surface area contributed by atoms with E-state index in [2.05, 4.69) is 55.0 Å². The molecule has 3 rings (SSSR count). The van der Waals surface area contributed by atoms with Gasteiger partial charge < -0.3 is 0 Å². The van der Waals surface area contributed by atoms with E-state index in [1.807, 2.05) is 0 Å². The summed E-state index contributed by atoms with van der Waals surface area (Å²) in [4.78, 5) is 8.95. The van der Waals surface area contributed by atoms with Crippen molar-refractivity contribution in [2.24, 2.45) is 0 Å². The van der Waals surface area contributed by atoms with Crippen molar-refractivity contribution < 1.29 is 0 Å². The van der Waals surface area contributed by atoms with Crippen LogP contribution in [0.3, 0.4) is 0 Å². The Morgan fingerprint density at radius 3 is 2.59 bits per heavy atom. The van der Waals surface area contributed by atoms with Crippen LogP contribution < -0.4 is 0 Å². The van der Waals surface area contributed by atoms with Gasteiger partial charge in [-0.1, -0.05) is 45.0 Å². The first-order valence-electron chi connectivity index (χ1n) is 6.00. The third-order valence-electron chi connectivity index (χ3n) is 3.28. The molecule has 17 heavy (non-hydrogen) atoms. The van der Waals surface area contributed by atoms with Gasteiger partial charge in [0.1, 0.15) is 6.33 Å². The van der Waals surface area contributed by atoms with Gasteiger partial charge in [0.2, 0.25) is 0 Å². The van der Waals surface area contributed by atoms with Gasteiger partial charge in [-0.15, -0.1) is 0 Å². The largest absolute Gasteiger partial charge is 0.240 e. The molecule has 0 spiro atoms. The van der Waals surface area contributed by atoms with Crippen LogP contribution in [0.25, 0.3) is 11.1 Å². The van der Waals surface area contributed by atoms with E-state index in [0.717, 1.165) is 12.1 Å². The number of hydrogen-bond donors (Lipinski definition) is 0. The van der Waals surface area contributed by atoms with E-state index in [0.29, 0.717) is 0 Å². The van der Waals surface area contributed by atoms with Crippen molar-refractivity contribution in [2.45, 2.75) is 32.6 Å². The molecule has 2 nitrogen and oxygen atoms in total. The number of benzene rings is 1. The van der Waals surface area contributed by atoms with Crippen molar-refractivity contribution in [3.8, 4) is 11.1 Å². The Kier molecular flexibility index (Phi) is 2.09. The molecule has 0 unspecified atom stereocenters. The van der Waals surface area contributed by atoms with Crippen LogP contribution in [0.15, 0.2) is 30.6 Å². The molecule has 0 amide bonds. The quantitative estimate of drug-likeness (QED) is 0.585. The molecule has 0 saturated carbocycles. The fourth-order valence-electron chi connectivity index (χ4n) is 2.51. The van der Waals surface area contributed by atoms with Crippen molar-refractivity contribution in [1.29, 1.82) is 0 Å². The van der Waals surface area contributed by atoms with E-state index < -0.39 is 0 Å². The second-order valence-corrected chi connectivity index (χ2v) is 5.63. The summed E-state index contributed by atoms with van der Waals surface area (Å²) in [5.41, 5.74) is 6.33. The minimum atomic E-state index is 0.0600. The summed E-state index contributed by atoms with van der Waals surface area (Å²) in [6.45, 7) is 6.61. The maximum Gasteiger partial charge on any atom is 0.116 e. The van der Waals surface area contributed by atoms with Crippen LogP contribution in [0.4, 0.5) is 0 Å². The van der Waals surface area contributed by atoms with Crippen LogP contribution in [-0.2, 0) is 11.8 Å². The summed E-state index contributed by atoms with van der Waals surface area (Å²) in [6.07, 6.45) is 2.64. The third kappa shape index (κ3) is 1.55. The van der Waals surface area contributed by atoms with Gasteiger partial charge in [0.05, 0.1) is 11.4 Å². The summed E-state index contributed by atoms with van der Waals surface area (Å²) in [6, 6.07) is 8.55. The number of nitrogens with zero attached hydrogens (tertiary/aromatic N) is 2. The summed E-state index contributed by atoms with van der Waals surface area (Å²) in [5.74, 6) is 0. The topological polar surface area (TPSA) is 25.8 Å². The molecule has 0 radical (unpaired) electrons. The van der Waals surface area contributed by atoms with Gasteiger partial charge in [0.25, 0.3) is 0 Å². The van der Waals surface area contributed by atoms with E-state index in [1.54, 1.807) is 6.33 Å². The average Bonchev–Trinajstić information content (AvgIpc) is 2.65. The zero-order chi connectivity index (χ0) is 12.0. The predicted octanol–water partition coefficient (Wildman–Crippen LogP) is 3.35. The zero-order valence-electron chi connectivity index (χ0n) is 10.5. The lowest BCUT2D eigenvalue weighted by Crippen LogP contribution is -2.15. The van der Waals surface area contributed by atoms with E-state index in [-0.39, 0.29) is 5.41 Å². The molecule has 1 aliphatic rings. The Morgan fingerprint density at radius 1 is 1.06 bits per heavy atom. The Hall–Kier alpha value is -1.70. The van der Waals surface area contributed by atoms with Crippen LogP contribution in [0.5, 0.6) is 0 Å². The Bertz CT molecular complexity index is 580. The summed E-state index contributed by atoms with van der Waals surface area (Å²) < 4.78 is 0. The zero-order valence-corrected chi connectivity index (χ0v) is 10.5. The highest BCUT2D eigenvalue weighted by atomic mass is 14.9. The Labute approximate surface area is 102 Å². The highest BCUT2D eigenvalue weighted by Crippen LogP contribution is 2.40. The molecule has 0 atom stereocenters. The number of hydrogen-bond acceptors (Lipinski definition) is 2. The summed E-state index contributed by atoms with van der Waals surface area (Å²) in [7, 11) is 0. The maximum absolute atomic E-state index is 4.51. The first-order chi connectivity index (χ1) is 8.07. The molecule has 1 aromatic carbocycles. The Balaban J connectivity index is 2.30. The summed E-state index contributed by atoms with van der Waals surface area (Å²) >= 11 is 0. The molecule has 1 aromatic heterocycles. The van der Waals surface area contributed by atoms with E-state index in [9.17, 15) is 0 Å². The Morgan fingerprint density at radius 2 is 1.82 bits per heavy atom. The van der Waals surface area contributed by atoms with Crippen molar-refractivity contribution in [2.75, 3.05) is 0 Å². The van der Waals surface area contributed by atoms with Gasteiger partial charge in [-0.3, -0.25) is 0 Å².